The summed E-state index contributed by atoms with van der Waals surface area (Å²) in [6.07, 6.45) is 0.111. The molecule has 1 nitrogen and oxygen atoms in total. The third-order valence-electron chi connectivity index (χ3n) is 2.72. The molecule has 0 aliphatic rings. The van der Waals surface area contributed by atoms with Crippen molar-refractivity contribution in [2.75, 3.05) is 0 Å². The maximum atomic E-state index is 13.3. The van der Waals surface area contributed by atoms with Crippen molar-refractivity contribution in [1.82, 2.24) is 0 Å². The van der Waals surface area contributed by atoms with Crippen molar-refractivity contribution in [3.05, 3.63) is 70.0 Å². The number of Topliss-reactive ketones (excluding diaryl/α,β-unsaturated/α-hetero) is 1. The van der Waals surface area contributed by atoms with Gasteiger partial charge in [0.2, 0.25) is 0 Å². The van der Waals surface area contributed by atoms with Crippen molar-refractivity contribution < 1.29 is 9.18 Å². The largest absolute Gasteiger partial charge is 0.294 e. The van der Waals surface area contributed by atoms with Gasteiger partial charge in [0.25, 0.3) is 0 Å². The molecular formula is C15H12ClFO. The van der Waals surface area contributed by atoms with Crippen LogP contribution in [0.4, 0.5) is 4.39 Å². The SMILES string of the molecule is Cc1cccc(C(=O)Cc2cccc(F)c2Cl)c1. The third-order valence-corrected chi connectivity index (χ3v) is 3.15. The summed E-state index contributed by atoms with van der Waals surface area (Å²) in [6.45, 7) is 1.92. The minimum absolute atomic E-state index is 0.0264. The van der Waals surface area contributed by atoms with E-state index in [9.17, 15) is 9.18 Å². The molecule has 0 saturated heterocycles. The van der Waals surface area contributed by atoms with Gasteiger partial charge in [0.05, 0.1) is 5.02 Å². The quantitative estimate of drug-likeness (QED) is 0.757. The summed E-state index contributed by atoms with van der Waals surface area (Å²) in [6, 6.07) is 11.8. The normalized spacial score (nSPS) is 10.4. The van der Waals surface area contributed by atoms with Crippen LogP contribution >= 0.6 is 11.6 Å². The van der Waals surface area contributed by atoms with Crippen molar-refractivity contribution >= 4 is 17.4 Å². The van der Waals surface area contributed by atoms with Crippen LogP contribution in [0.25, 0.3) is 0 Å². The van der Waals surface area contributed by atoms with Crippen LogP contribution in [0, 0.1) is 12.7 Å². The lowest BCUT2D eigenvalue weighted by molar-refractivity contribution is 0.0993. The number of hydrogen-bond acceptors (Lipinski definition) is 1. The van der Waals surface area contributed by atoms with Gasteiger partial charge >= 0.3 is 0 Å². The molecule has 3 heteroatoms. The zero-order chi connectivity index (χ0) is 13.1. The Bertz CT molecular complexity index is 593. The van der Waals surface area contributed by atoms with Gasteiger partial charge in [0.15, 0.2) is 5.78 Å². The molecule has 0 unspecified atom stereocenters. The second kappa shape index (κ2) is 5.32. The maximum Gasteiger partial charge on any atom is 0.167 e. The highest BCUT2D eigenvalue weighted by Gasteiger charge is 2.11. The molecule has 0 spiro atoms. The van der Waals surface area contributed by atoms with E-state index in [0.717, 1.165) is 5.56 Å². The van der Waals surface area contributed by atoms with Crippen LogP contribution in [0.15, 0.2) is 42.5 Å². The van der Waals surface area contributed by atoms with Crippen LogP contribution in [-0.2, 0) is 6.42 Å². The predicted molar refractivity (Wildman–Crippen MR) is 70.6 cm³/mol. The number of ketones is 1. The van der Waals surface area contributed by atoms with E-state index in [-0.39, 0.29) is 17.2 Å². The topological polar surface area (TPSA) is 17.1 Å². The van der Waals surface area contributed by atoms with Gasteiger partial charge in [0.1, 0.15) is 5.82 Å². The first-order valence-corrected chi connectivity index (χ1v) is 5.98. The van der Waals surface area contributed by atoms with Gasteiger partial charge in [-0.1, -0.05) is 47.5 Å². The zero-order valence-corrected chi connectivity index (χ0v) is 10.7. The molecule has 0 fully saturated rings. The van der Waals surface area contributed by atoms with Crippen LogP contribution < -0.4 is 0 Å². The van der Waals surface area contributed by atoms with Crippen LogP contribution in [0.3, 0.4) is 0 Å². The molecule has 18 heavy (non-hydrogen) atoms. The van der Waals surface area contributed by atoms with Crippen molar-refractivity contribution in [2.24, 2.45) is 0 Å². The van der Waals surface area contributed by atoms with E-state index < -0.39 is 5.82 Å². The average Bonchev–Trinajstić information content (AvgIpc) is 2.35. The Hall–Kier alpha value is -1.67. The van der Waals surface area contributed by atoms with E-state index in [1.165, 1.54) is 6.07 Å². The van der Waals surface area contributed by atoms with E-state index in [1.807, 2.05) is 25.1 Å². The molecule has 0 atom stereocenters. The predicted octanol–water partition coefficient (Wildman–Crippen LogP) is 4.21. The lowest BCUT2D eigenvalue weighted by Crippen LogP contribution is -2.04. The number of carbonyl (C=O) groups is 1. The number of halogens is 2. The van der Waals surface area contributed by atoms with Gasteiger partial charge in [-0.05, 0) is 24.6 Å². The zero-order valence-electron chi connectivity index (χ0n) is 9.91. The van der Waals surface area contributed by atoms with E-state index >= 15 is 0 Å². The second-order valence-corrected chi connectivity index (χ2v) is 4.56. The summed E-state index contributed by atoms with van der Waals surface area (Å²) in [4.78, 5) is 12.0. The van der Waals surface area contributed by atoms with Crippen LogP contribution in [-0.4, -0.2) is 5.78 Å². The molecule has 0 aliphatic heterocycles. The number of rotatable bonds is 3. The highest BCUT2D eigenvalue weighted by Crippen LogP contribution is 2.21. The molecule has 2 rings (SSSR count). The van der Waals surface area contributed by atoms with Gasteiger partial charge in [-0.2, -0.15) is 0 Å². The Labute approximate surface area is 110 Å². The Morgan fingerprint density at radius 2 is 1.94 bits per heavy atom. The van der Waals surface area contributed by atoms with Crippen molar-refractivity contribution in [3.8, 4) is 0 Å². The Morgan fingerprint density at radius 1 is 1.22 bits per heavy atom. The highest BCUT2D eigenvalue weighted by atomic mass is 35.5. The van der Waals surface area contributed by atoms with Gasteiger partial charge in [-0.15, -0.1) is 0 Å². The summed E-state index contributed by atoms with van der Waals surface area (Å²) in [5, 5.41) is 0.0264. The summed E-state index contributed by atoms with van der Waals surface area (Å²) >= 11 is 5.83. The van der Waals surface area contributed by atoms with Gasteiger partial charge in [0, 0.05) is 12.0 Å². The molecule has 0 amide bonds. The number of benzene rings is 2. The molecule has 0 bridgehead atoms. The fourth-order valence-electron chi connectivity index (χ4n) is 1.78. The van der Waals surface area contributed by atoms with E-state index in [4.69, 9.17) is 11.6 Å². The Kier molecular flexibility index (Phi) is 3.78. The number of carbonyl (C=O) groups excluding carboxylic acids is 1. The first-order valence-electron chi connectivity index (χ1n) is 5.60. The minimum Gasteiger partial charge on any atom is -0.294 e. The van der Waals surface area contributed by atoms with Gasteiger partial charge in [-0.3, -0.25) is 4.79 Å². The Balaban J connectivity index is 2.24. The smallest absolute Gasteiger partial charge is 0.167 e. The van der Waals surface area contributed by atoms with Crippen molar-refractivity contribution in [3.63, 3.8) is 0 Å². The molecule has 2 aromatic rings. The molecule has 0 aromatic heterocycles. The molecule has 0 heterocycles. The maximum absolute atomic E-state index is 13.3. The van der Waals surface area contributed by atoms with Crippen LogP contribution in [0.5, 0.6) is 0 Å². The van der Waals surface area contributed by atoms with Crippen molar-refractivity contribution in [1.29, 1.82) is 0 Å². The third kappa shape index (κ3) is 2.77. The summed E-state index contributed by atoms with van der Waals surface area (Å²) in [7, 11) is 0. The first kappa shape index (κ1) is 12.8. The highest BCUT2D eigenvalue weighted by molar-refractivity contribution is 6.31. The summed E-state index contributed by atoms with van der Waals surface area (Å²) < 4.78 is 13.3. The lowest BCUT2D eigenvalue weighted by Gasteiger charge is -2.05. The summed E-state index contributed by atoms with van der Waals surface area (Å²) in [5.41, 5.74) is 2.16. The Morgan fingerprint density at radius 3 is 2.67 bits per heavy atom. The molecule has 0 radical (unpaired) electrons. The number of hydrogen-bond donors (Lipinski definition) is 0. The molecular weight excluding hydrogens is 251 g/mol. The van der Waals surface area contributed by atoms with Crippen molar-refractivity contribution in [2.45, 2.75) is 13.3 Å². The number of aryl methyl sites for hydroxylation is 1. The molecule has 0 N–H and O–H groups in total. The minimum atomic E-state index is -0.494. The monoisotopic (exact) mass is 262 g/mol. The average molecular weight is 263 g/mol. The second-order valence-electron chi connectivity index (χ2n) is 4.18. The summed E-state index contributed by atoms with van der Waals surface area (Å²) in [5.74, 6) is -0.558. The first-order chi connectivity index (χ1) is 8.58. The van der Waals surface area contributed by atoms with E-state index in [0.29, 0.717) is 11.1 Å². The van der Waals surface area contributed by atoms with E-state index in [2.05, 4.69) is 0 Å². The molecule has 0 aliphatic carbocycles. The fraction of sp³-hybridized carbons (Fsp3) is 0.133. The van der Waals surface area contributed by atoms with Crippen LogP contribution in [0.1, 0.15) is 21.5 Å². The molecule has 92 valence electrons. The molecule has 2 aromatic carbocycles. The van der Waals surface area contributed by atoms with Gasteiger partial charge < -0.3 is 0 Å². The van der Waals surface area contributed by atoms with E-state index in [1.54, 1.807) is 18.2 Å². The lowest BCUT2D eigenvalue weighted by atomic mass is 10.0. The standard InChI is InChI=1S/C15H12ClFO/c1-10-4-2-5-11(8-10)14(18)9-12-6-3-7-13(17)15(12)16/h2-8H,9H2,1H3. The molecule has 0 saturated carbocycles. The van der Waals surface area contributed by atoms with Gasteiger partial charge in [-0.25, -0.2) is 4.39 Å². The fourth-order valence-corrected chi connectivity index (χ4v) is 1.97. The van der Waals surface area contributed by atoms with Crippen LogP contribution in [0.2, 0.25) is 5.02 Å².